The van der Waals surface area contributed by atoms with Gasteiger partial charge in [-0.15, -0.1) is 0 Å². The average Bonchev–Trinajstić information content (AvgIpc) is 2.38. The summed E-state index contributed by atoms with van der Waals surface area (Å²) in [5, 5.41) is 0. The van der Waals surface area contributed by atoms with Crippen molar-refractivity contribution >= 4 is 17.1 Å². The summed E-state index contributed by atoms with van der Waals surface area (Å²) in [5.41, 5.74) is 6.62. The summed E-state index contributed by atoms with van der Waals surface area (Å²) in [6.45, 7) is 0. The Hall–Kier alpha value is -2.17. The Morgan fingerprint density at radius 2 is 1.68 bits per heavy atom. The van der Waals surface area contributed by atoms with Gasteiger partial charge < -0.3 is 10.6 Å². The van der Waals surface area contributed by atoms with Gasteiger partial charge in [0.25, 0.3) is 6.43 Å². The Kier molecular flexibility index (Phi) is 3.64. The second kappa shape index (κ2) is 5.22. The Morgan fingerprint density at radius 1 is 1.05 bits per heavy atom. The fourth-order valence-electron chi connectivity index (χ4n) is 1.86. The number of nitrogen functional groups attached to an aromatic ring is 1. The van der Waals surface area contributed by atoms with Crippen molar-refractivity contribution in [2.45, 2.75) is 6.43 Å². The standard InChI is InChI=1S/C14H13F3N2/c1-19(11-5-2-9(15)3-6-11)13-7-4-10(18)8-12(13)14(16)17/h2-8,14H,18H2,1H3. The molecule has 0 unspecified atom stereocenters. The van der Waals surface area contributed by atoms with Gasteiger partial charge in [0.1, 0.15) is 5.82 Å². The molecular formula is C14H13F3N2. The third-order valence-corrected chi connectivity index (χ3v) is 2.86. The number of benzene rings is 2. The van der Waals surface area contributed by atoms with Gasteiger partial charge in [-0.1, -0.05) is 0 Å². The van der Waals surface area contributed by atoms with Crippen molar-refractivity contribution < 1.29 is 13.2 Å². The van der Waals surface area contributed by atoms with Crippen LogP contribution in [0.4, 0.5) is 30.2 Å². The first kappa shape index (κ1) is 13.3. The second-order valence-corrected chi connectivity index (χ2v) is 4.15. The van der Waals surface area contributed by atoms with Crippen molar-refractivity contribution in [3.8, 4) is 0 Å². The Bertz CT molecular complexity index is 567. The van der Waals surface area contributed by atoms with Gasteiger partial charge in [-0.25, -0.2) is 13.2 Å². The summed E-state index contributed by atoms with van der Waals surface area (Å²) >= 11 is 0. The van der Waals surface area contributed by atoms with Crippen LogP contribution in [-0.4, -0.2) is 7.05 Å². The summed E-state index contributed by atoms with van der Waals surface area (Å²) in [5.74, 6) is -0.372. The summed E-state index contributed by atoms with van der Waals surface area (Å²) in [6.07, 6.45) is -2.62. The van der Waals surface area contributed by atoms with Gasteiger partial charge in [-0.3, -0.25) is 0 Å². The van der Waals surface area contributed by atoms with Gasteiger partial charge in [0, 0.05) is 29.7 Å². The summed E-state index contributed by atoms with van der Waals surface area (Å²) in [6, 6.07) is 9.96. The summed E-state index contributed by atoms with van der Waals surface area (Å²) < 4.78 is 38.9. The molecule has 0 fully saturated rings. The molecule has 0 radical (unpaired) electrons. The van der Waals surface area contributed by atoms with Gasteiger partial charge in [0.2, 0.25) is 0 Å². The van der Waals surface area contributed by atoms with Gasteiger partial charge >= 0.3 is 0 Å². The topological polar surface area (TPSA) is 29.3 Å². The minimum Gasteiger partial charge on any atom is -0.399 e. The first-order chi connectivity index (χ1) is 8.99. The van der Waals surface area contributed by atoms with E-state index in [9.17, 15) is 13.2 Å². The molecule has 2 rings (SSSR count). The van der Waals surface area contributed by atoms with E-state index in [2.05, 4.69) is 0 Å². The number of nitrogens with two attached hydrogens (primary N) is 1. The van der Waals surface area contributed by atoms with Crippen LogP contribution in [0, 0.1) is 5.82 Å². The van der Waals surface area contributed by atoms with Gasteiger partial charge in [0.05, 0.1) is 0 Å². The highest BCUT2D eigenvalue weighted by molar-refractivity contribution is 5.68. The lowest BCUT2D eigenvalue weighted by Crippen LogP contribution is -2.12. The smallest absolute Gasteiger partial charge is 0.265 e. The molecule has 2 N–H and O–H groups in total. The van der Waals surface area contributed by atoms with Crippen LogP contribution in [0.15, 0.2) is 42.5 Å². The molecule has 100 valence electrons. The molecule has 0 bridgehead atoms. The SMILES string of the molecule is CN(c1ccc(F)cc1)c1ccc(N)cc1C(F)F. The number of hydrogen-bond acceptors (Lipinski definition) is 2. The number of rotatable bonds is 3. The fraction of sp³-hybridized carbons (Fsp3) is 0.143. The molecule has 2 nitrogen and oxygen atoms in total. The minimum atomic E-state index is -2.62. The first-order valence-corrected chi connectivity index (χ1v) is 5.66. The van der Waals surface area contributed by atoms with Crippen molar-refractivity contribution in [3.05, 3.63) is 53.8 Å². The third kappa shape index (κ3) is 2.81. The van der Waals surface area contributed by atoms with Crippen molar-refractivity contribution in [1.29, 1.82) is 0 Å². The Balaban J connectivity index is 2.43. The molecule has 0 aliphatic carbocycles. The van der Waals surface area contributed by atoms with Crippen molar-refractivity contribution in [2.75, 3.05) is 17.7 Å². The van der Waals surface area contributed by atoms with Gasteiger partial charge in [0.15, 0.2) is 0 Å². The monoisotopic (exact) mass is 266 g/mol. The molecule has 0 saturated carbocycles. The highest BCUT2D eigenvalue weighted by Crippen LogP contribution is 2.34. The predicted octanol–water partition coefficient (Wildman–Crippen LogP) is 4.11. The zero-order chi connectivity index (χ0) is 14.0. The van der Waals surface area contributed by atoms with Gasteiger partial charge in [-0.2, -0.15) is 0 Å². The molecule has 2 aromatic carbocycles. The maximum Gasteiger partial charge on any atom is 0.265 e. The van der Waals surface area contributed by atoms with E-state index in [1.807, 2.05) is 0 Å². The summed E-state index contributed by atoms with van der Waals surface area (Å²) in [4.78, 5) is 1.57. The van der Waals surface area contributed by atoms with Crippen LogP contribution < -0.4 is 10.6 Å². The molecule has 0 spiro atoms. The quantitative estimate of drug-likeness (QED) is 0.847. The molecule has 2 aromatic rings. The number of nitrogens with zero attached hydrogens (tertiary/aromatic N) is 1. The van der Waals surface area contributed by atoms with Crippen LogP contribution in [0.2, 0.25) is 0 Å². The largest absolute Gasteiger partial charge is 0.399 e. The second-order valence-electron chi connectivity index (χ2n) is 4.15. The maximum atomic E-state index is 13.0. The van der Waals surface area contributed by atoms with E-state index in [4.69, 9.17) is 5.73 Å². The Labute approximate surface area is 109 Å². The number of alkyl halides is 2. The fourth-order valence-corrected chi connectivity index (χ4v) is 1.86. The number of hydrogen-bond donors (Lipinski definition) is 1. The van der Waals surface area contributed by atoms with E-state index in [-0.39, 0.29) is 17.1 Å². The highest BCUT2D eigenvalue weighted by Gasteiger charge is 2.17. The zero-order valence-corrected chi connectivity index (χ0v) is 10.3. The summed E-state index contributed by atoms with van der Waals surface area (Å²) in [7, 11) is 1.64. The maximum absolute atomic E-state index is 13.0. The van der Waals surface area contributed by atoms with E-state index < -0.39 is 6.43 Å². The third-order valence-electron chi connectivity index (χ3n) is 2.86. The van der Waals surface area contributed by atoms with Crippen molar-refractivity contribution in [2.24, 2.45) is 0 Å². The minimum absolute atomic E-state index is 0.146. The van der Waals surface area contributed by atoms with E-state index >= 15 is 0 Å². The highest BCUT2D eigenvalue weighted by atomic mass is 19.3. The molecule has 0 aliphatic heterocycles. The molecular weight excluding hydrogens is 253 g/mol. The molecule has 0 atom stereocenters. The lowest BCUT2D eigenvalue weighted by atomic mass is 10.1. The van der Waals surface area contributed by atoms with Crippen LogP contribution in [0.3, 0.4) is 0 Å². The molecule has 0 saturated heterocycles. The normalized spacial score (nSPS) is 10.8. The van der Waals surface area contributed by atoms with Crippen LogP contribution in [0.25, 0.3) is 0 Å². The molecule has 19 heavy (non-hydrogen) atoms. The van der Waals surface area contributed by atoms with E-state index in [0.717, 1.165) is 0 Å². The average molecular weight is 266 g/mol. The molecule has 0 heterocycles. The van der Waals surface area contributed by atoms with Crippen molar-refractivity contribution in [1.82, 2.24) is 0 Å². The first-order valence-electron chi connectivity index (χ1n) is 5.66. The van der Waals surface area contributed by atoms with Crippen LogP contribution in [0.5, 0.6) is 0 Å². The van der Waals surface area contributed by atoms with Crippen molar-refractivity contribution in [3.63, 3.8) is 0 Å². The number of halogens is 3. The van der Waals surface area contributed by atoms with Gasteiger partial charge in [-0.05, 0) is 42.5 Å². The van der Waals surface area contributed by atoms with Crippen LogP contribution in [0.1, 0.15) is 12.0 Å². The van der Waals surface area contributed by atoms with Crippen LogP contribution in [-0.2, 0) is 0 Å². The molecule has 0 aromatic heterocycles. The van der Waals surface area contributed by atoms with E-state index in [0.29, 0.717) is 11.4 Å². The Morgan fingerprint density at radius 3 is 2.26 bits per heavy atom. The van der Waals surface area contributed by atoms with E-state index in [1.165, 1.54) is 36.4 Å². The predicted molar refractivity (Wildman–Crippen MR) is 70.3 cm³/mol. The zero-order valence-electron chi connectivity index (χ0n) is 10.3. The molecule has 0 aliphatic rings. The lowest BCUT2D eigenvalue weighted by Gasteiger charge is -2.22. The van der Waals surface area contributed by atoms with E-state index in [1.54, 1.807) is 18.0 Å². The number of anilines is 3. The molecule has 5 heteroatoms. The van der Waals surface area contributed by atoms with Crippen LogP contribution >= 0.6 is 0 Å². The molecule has 0 amide bonds. The lowest BCUT2D eigenvalue weighted by molar-refractivity contribution is 0.152.